The molecular formula is C19H15ClF3N3O. The zero-order chi connectivity index (χ0) is 19.2. The standard InChI is InChI=1S/C19H15ClF3N3O/c1-27-16-7-6-13(20)10-15(16)26-18-14(8-9-24-18)17(25-26)11-2-4-12(5-3-11)19(21,22)23/h2-7,10,24H,8-9H2,1H3. The smallest absolute Gasteiger partial charge is 0.416 e. The minimum absolute atomic E-state index is 0.532. The van der Waals surface area contributed by atoms with Crippen LogP contribution in [0, 0.1) is 0 Å². The molecule has 1 N–H and O–H groups in total. The molecule has 1 aliphatic heterocycles. The Morgan fingerprint density at radius 2 is 1.89 bits per heavy atom. The lowest BCUT2D eigenvalue weighted by atomic mass is 10.0. The maximum atomic E-state index is 12.8. The zero-order valence-electron chi connectivity index (χ0n) is 14.3. The van der Waals surface area contributed by atoms with Crippen LogP contribution in [0.3, 0.4) is 0 Å². The number of methoxy groups -OCH3 is 1. The number of ether oxygens (including phenoxy) is 1. The van der Waals surface area contributed by atoms with Gasteiger partial charge in [-0.15, -0.1) is 0 Å². The topological polar surface area (TPSA) is 39.1 Å². The molecule has 4 rings (SSSR count). The summed E-state index contributed by atoms with van der Waals surface area (Å²) >= 11 is 6.13. The molecule has 8 heteroatoms. The monoisotopic (exact) mass is 393 g/mol. The second-order valence-electron chi connectivity index (χ2n) is 6.16. The summed E-state index contributed by atoms with van der Waals surface area (Å²) in [7, 11) is 1.56. The first-order valence-electron chi connectivity index (χ1n) is 8.26. The van der Waals surface area contributed by atoms with Crippen LogP contribution in [0.4, 0.5) is 19.0 Å². The average Bonchev–Trinajstić information content (AvgIpc) is 3.23. The van der Waals surface area contributed by atoms with Crippen LogP contribution in [0.15, 0.2) is 42.5 Å². The number of hydrogen-bond acceptors (Lipinski definition) is 3. The van der Waals surface area contributed by atoms with Crippen molar-refractivity contribution in [3.8, 4) is 22.7 Å². The van der Waals surface area contributed by atoms with Gasteiger partial charge >= 0.3 is 6.18 Å². The van der Waals surface area contributed by atoms with Crippen LogP contribution in [-0.2, 0) is 12.6 Å². The van der Waals surface area contributed by atoms with Crippen LogP contribution < -0.4 is 10.1 Å². The molecular weight excluding hydrogens is 379 g/mol. The van der Waals surface area contributed by atoms with Gasteiger partial charge in [-0.3, -0.25) is 0 Å². The largest absolute Gasteiger partial charge is 0.494 e. The SMILES string of the molecule is COc1ccc(Cl)cc1-n1nc(-c2ccc(C(F)(F)F)cc2)c2c1NCC2. The number of halogens is 4. The highest BCUT2D eigenvalue weighted by atomic mass is 35.5. The van der Waals surface area contributed by atoms with Gasteiger partial charge < -0.3 is 10.1 Å². The number of nitrogens with zero attached hydrogens (tertiary/aromatic N) is 2. The maximum Gasteiger partial charge on any atom is 0.416 e. The van der Waals surface area contributed by atoms with Gasteiger partial charge in [0.25, 0.3) is 0 Å². The van der Waals surface area contributed by atoms with E-state index < -0.39 is 11.7 Å². The van der Waals surface area contributed by atoms with E-state index in [1.807, 2.05) is 0 Å². The molecule has 27 heavy (non-hydrogen) atoms. The highest BCUT2D eigenvalue weighted by Crippen LogP contribution is 2.38. The molecule has 0 aliphatic carbocycles. The van der Waals surface area contributed by atoms with E-state index in [9.17, 15) is 13.2 Å². The molecule has 0 spiro atoms. The summed E-state index contributed by atoms with van der Waals surface area (Å²) in [5.41, 5.74) is 2.20. The summed E-state index contributed by atoms with van der Waals surface area (Å²) in [4.78, 5) is 0. The highest BCUT2D eigenvalue weighted by Gasteiger charge is 2.31. The van der Waals surface area contributed by atoms with Crippen LogP contribution in [0.1, 0.15) is 11.1 Å². The normalized spacial score (nSPS) is 13.4. The number of fused-ring (bicyclic) bond motifs is 1. The number of anilines is 1. The van der Waals surface area contributed by atoms with Gasteiger partial charge in [0.05, 0.1) is 18.4 Å². The number of alkyl halides is 3. The molecule has 2 heterocycles. The summed E-state index contributed by atoms with van der Waals surface area (Å²) in [6, 6.07) is 10.2. The molecule has 0 amide bonds. The number of hydrogen-bond donors (Lipinski definition) is 1. The highest BCUT2D eigenvalue weighted by molar-refractivity contribution is 6.30. The van der Waals surface area contributed by atoms with E-state index in [2.05, 4.69) is 10.4 Å². The third kappa shape index (κ3) is 3.12. The van der Waals surface area contributed by atoms with Gasteiger partial charge in [-0.05, 0) is 36.8 Å². The molecule has 1 aromatic heterocycles. The van der Waals surface area contributed by atoms with E-state index in [0.29, 0.717) is 27.7 Å². The van der Waals surface area contributed by atoms with Crippen molar-refractivity contribution in [2.45, 2.75) is 12.6 Å². The fourth-order valence-corrected chi connectivity index (χ4v) is 3.39. The molecule has 3 aromatic rings. The third-order valence-corrected chi connectivity index (χ3v) is 4.74. The Morgan fingerprint density at radius 1 is 1.15 bits per heavy atom. The van der Waals surface area contributed by atoms with E-state index in [0.717, 1.165) is 36.5 Å². The fourth-order valence-electron chi connectivity index (χ4n) is 3.23. The summed E-state index contributed by atoms with van der Waals surface area (Å²) in [5, 5.41) is 8.47. The Hall–Kier alpha value is -2.67. The number of aromatic nitrogens is 2. The van der Waals surface area contributed by atoms with Gasteiger partial charge in [-0.2, -0.15) is 18.3 Å². The zero-order valence-corrected chi connectivity index (χ0v) is 15.0. The number of benzene rings is 2. The molecule has 1 aliphatic rings. The lowest BCUT2D eigenvalue weighted by Crippen LogP contribution is -2.06. The van der Waals surface area contributed by atoms with Gasteiger partial charge in [-0.1, -0.05) is 23.7 Å². The molecule has 0 unspecified atom stereocenters. The molecule has 0 atom stereocenters. The fraction of sp³-hybridized carbons (Fsp3) is 0.211. The quantitative estimate of drug-likeness (QED) is 0.665. The second-order valence-corrected chi connectivity index (χ2v) is 6.59. The van der Waals surface area contributed by atoms with Gasteiger partial charge in [0, 0.05) is 22.7 Å². The lowest BCUT2D eigenvalue weighted by molar-refractivity contribution is -0.137. The second kappa shape index (κ2) is 6.49. The average molecular weight is 394 g/mol. The molecule has 2 aromatic carbocycles. The van der Waals surface area contributed by atoms with Gasteiger partial charge in [-0.25, -0.2) is 4.68 Å². The summed E-state index contributed by atoms with van der Waals surface area (Å²) in [6.07, 6.45) is -3.63. The van der Waals surface area contributed by atoms with E-state index in [1.54, 1.807) is 30.0 Å². The molecule has 4 nitrogen and oxygen atoms in total. The minimum Gasteiger partial charge on any atom is -0.494 e. The van der Waals surface area contributed by atoms with Crippen molar-refractivity contribution in [2.24, 2.45) is 0 Å². The predicted octanol–water partition coefficient (Wildman–Crippen LogP) is 5.19. The number of nitrogens with one attached hydrogen (secondary N) is 1. The van der Waals surface area contributed by atoms with Crippen LogP contribution in [-0.4, -0.2) is 23.4 Å². The molecule has 0 saturated heterocycles. The van der Waals surface area contributed by atoms with Gasteiger partial charge in [0.2, 0.25) is 0 Å². The molecule has 0 saturated carbocycles. The predicted molar refractivity (Wildman–Crippen MR) is 97.8 cm³/mol. The van der Waals surface area contributed by atoms with Gasteiger partial charge in [0.1, 0.15) is 17.3 Å². The van der Waals surface area contributed by atoms with Crippen LogP contribution in [0.5, 0.6) is 5.75 Å². The van der Waals surface area contributed by atoms with Crippen molar-refractivity contribution in [3.05, 3.63) is 58.6 Å². The molecule has 0 radical (unpaired) electrons. The van der Waals surface area contributed by atoms with Crippen molar-refractivity contribution >= 4 is 17.4 Å². The van der Waals surface area contributed by atoms with E-state index in [4.69, 9.17) is 16.3 Å². The Balaban J connectivity index is 1.84. The van der Waals surface area contributed by atoms with Crippen molar-refractivity contribution in [3.63, 3.8) is 0 Å². The molecule has 0 fully saturated rings. The van der Waals surface area contributed by atoms with Crippen molar-refractivity contribution in [2.75, 3.05) is 19.0 Å². The Labute approximate surface area is 158 Å². The van der Waals surface area contributed by atoms with Crippen LogP contribution in [0.25, 0.3) is 16.9 Å². The first-order chi connectivity index (χ1) is 12.9. The lowest BCUT2D eigenvalue weighted by Gasteiger charge is -2.11. The first-order valence-corrected chi connectivity index (χ1v) is 8.63. The third-order valence-electron chi connectivity index (χ3n) is 4.51. The van der Waals surface area contributed by atoms with Crippen molar-refractivity contribution in [1.29, 1.82) is 0 Å². The molecule has 0 bridgehead atoms. The van der Waals surface area contributed by atoms with Gasteiger partial charge in [0.15, 0.2) is 0 Å². The minimum atomic E-state index is -4.37. The van der Waals surface area contributed by atoms with Crippen molar-refractivity contribution in [1.82, 2.24) is 9.78 Å². The van der Waals surface area contributed by atoms with E-state index in [1.165, 1.54) is 12.1 Å². The Kier molecular flexibility index (Phi) is 4.26. The summed E-state index contributed by atoms with van der Waals surface area (Å²) in [6.45, 7) is 0.726. The first kappa shape index (κ1) is 17.7. The summed E-state index contributed by atoms with van der Waals surface area (Å²) < 4.78 is 45.6. The van der Waals surface area contributed by atoms with E-state index >= 15 is 0 Å². The maximum absolute atomic E-state index is 12.8. The summed E-state index contributed by atoms with van der Waals surface area (Å²) in [5.74, 6) is 1.39. The van der Waals surface area contributed by atoms with Crippen LogP contribution >= 0.6 is 11.6 Å². The molecule has 140 valence electrons. The number of rotatable bonds is 3. The Morgan fingerprint density at radius 3 is 2.56 bits per heavy atom. The van der Waals surface area contributed by atoms with Crippen LogP contribution in [0.2, 0.25) is 5.02 Å². The van der Waals surface area contributed by atoms with E-state index in [-0.39, 0.29) is 0 Å². The Bertz CT molecular complexity index is 997. The van der Waals surface area contributed by atoms with Crippen molar-refractivity contribution < 1.29 is 17.9 Å².